The van der Waals surface area contributed by atoms with Gasteiger partial charge in [-0.25, -0.2) is 4.79 Å². The number of halogens is 1. The molecule has 1 aromatic rings. The molecule has 1 aromatic carbocycles. The third-order valence-electron chi connectivity index (χ3n) is 5.13. The molecule has 1 saturated carbocycles. The largest absolute Gasteiger partial charge is 0.352 e. The molecule has 0 aromatic heterocycles. The lowest BCUT2D eigenvalue weighted by Gasteiger charge is -2.28. The van der Waals surface area contributed by atoms with Gasteiger partial charge in [-0.3, -0.25) is 14.9 Å². The predicted molar refractivity (Wildman–Crippen MR) is 90.0 cm³/mol. The summed E-state index contributed by atoms with van der Waals surface area (Å²) in [6.07, 6.45) is 2.20. The zero-order valence-electron chi connectivity index (χ0n) is 13.7. The van der Waals surface area contributed by atoms with Crippen LogP contribution in [0.4, 0.5) is 4.79 Å². The molecule has 1 heterocycles. The minimum atomic E-state index is -0.892. The van der Waals surface area contributed by atoms with E-state index in [1.54, 1.807) is 12.1 Å². The first kappa shape index (κ1) is 16.8. The number of amides is 4. The van der Waals surface area contributed by atoms with Crippen LogP contribution in [0.15, 0.2) is 12.1 Å². The Morgan fingerprint density at radius 3 is 2.71 bits per heavy atom. The van der Waals surface area contributed by atoms with E-state index in [2.05, 4.69) is 16.0 Å². The van der Waals surface area contributed by atoms with E-state index < -0.39 is 11.6 Å². The maximum atomic E-state index is 12.5. The fourth-order valence-electron chi connectivity index (χ4n) is 3.59. The Morgan fingerprint density at radius 1 is 1.33 bits per heavy atom. The predicted octanol–water partition coefficient (Wildman–Crippen LogP) is 2.06. The van der Waals surface area contributed by atoms with Gasteiger partial charge in [-0.05, 0) is 49.9 Å². The summed E-state index contributed by atoms with van der Waals surface area (Å²) in [5.74, 6) is -0.693. The Hall–Kier alpha value is -2.08. The van der Waals surface area contributed by atoms with Crippen molar-refractivity contribution in [2.24, 2.45) is 5.92 Å². The third-order valence-corrected chi connectivity index (χ3v) is 5.44. The summed E-state index contributed by atoms with van der Waals surface area (Å²) in [7, 11) is 0. The first-order valence-electron chi connectivity index (χ1n) is 8.02. The topological polar surface area (TPSA) is 87.3 Å². The van der Waals surface area contributed by atoms with Crippen LogP contribution in [0.3, 0.4) is 0 Å². The molecule has 6 nitrogen and oxygen atoms in total. The lowest BCUT2D eigenvalue weighted by Crippen LogP contribution is -2.53. The van der Waals surface area contributed by atoms with Gasteiger partial charge in [0.2, 0.25) is 0 Å². The highest BCUT2D eigenvalue weighted by Gasteiger charge is 2.54. The van der Waals surface area contributed by atoms with Crippen molar-refractivity contribution in [3.8, 4) is 0 Å². The van der Waals surface area contributed by atoms with E-state index >= 15 is 0 Å². The SMILES string of the molecule is Cc1cc(Cl)c(C(=O)NC[C@H]2CCC[C@]23NC(=O)NC3=O)cc1C. The zero-order valence-corrected chi connectivity index (χ0v) is 14.4. The van der Waals surface area contributed by atoms with Crippen molar-refractivity contribution in [3.05, 3.63) is 33.8 Å². The number of benzene rings is 1. The third kappa shape index (κ3) is 2.75. The van der Waals surface area contributed by atoms with E-state index in [0.29, 0.717) is 23.6 Å². The molecular formula is C17H20ClN3O3. The van der Waals surface area contributed by atoms with Crippen LogP contribution in [0.5, 0.6) is 0 Å². The molecule has 1 aliphatic carbocycles. The minimum absolute atomic E-state index is 0.127. The van der Waals surface area contributed by atoms with Crippen LogP contribution in [0.2, 0.25) is 5.02 Å². The Morgan fingerprint density at radius 2 is 2.04 bits per heavy atom. The maximum absolute atomic E-state index is 12.5. The molecule has 128 valence electrons. The van der Waals surface area contributed by atoms with Crippen LogP contribution >= 0.6 is 11.6 Å². The highest BCUT2D eigenvalue weighted by Crippen LogP contribution is 2.37. The van der Waals surface area contributed by atoms with Gasteiger partial charge in [-0.15, -0.1) is 0 Å². The minimum Gasteiger partial charge on any atom is -0.352 e. The van der Waals surface area contributed by atoms with Crippen molar-refractivity contribution in [2.75, 3.05) is 6.54 Å². The van der Waals surface area contributed by atoms with Gasteiger partial charge in [0.25, 0.3) is 11.8 Å². The van der Waals surface area contributed by atoms with Crippen molar-refractivity contribution in [1.29, 1.82) is 0 Å². The molecule has 4 amide bonds. The normalized spacial score (nSPS) is 25.7. The molecule has 24 heavy (non-hydrogen) atoms. The van der Waals surface area contributed by atoms with Gasteiger partial charge >= 0.3 is 6.03 Å². The number of carbonyl (C=O) groups is 3. The molecule has 1 spiro atoms. The van der Waals surface area contributed by atoms with Gasteiger partial charge in [0.1, 0.15) is 5.54 Å². The van der Waals surface area contributed by atoms with Gasteiger partial charge in [-0.2, -0.15) is 0 Å². The number of hydrogen-bond acceptors (Lipinski definition) is 3. The maximum Gasteiger partial charge on any atom is 0.322 e. The fourth-order valence-corrected chi connectivity index (χ4v) is 3.89. The molecule has 1 saturated heterocycles. The summed E-state index contributed by atoms with van der Waals surface area (Å²) < 4.78 is 0. The summed E-state index contributed by atoms with van der Waals surface area (Å²) in [5.41, 5.74) is 1.55. The van der Waals surface area contributed by atoms with Gasteiger partial charge < -0.3 is 10.6 Å². The second-order valence-electron chi connectivity index (χ2n) is 6.60. The Labute approximate surface area is 145 Å². The molecule has 1 aliphatic heterocycles. The van der Waals surface area contributed by atoms with E-state index in [0.717, 1.165) is 24.0 Å². The van der Waals surface area contributed by atoms with E-state index in [4.69, 9.17) is 11.6 Å². The molecule has 2 atom stereocenters. The lowest BCUT2D eigenvalue weighted by molar-refractivity contribution is -0.125. The number of carbonyl (C=O) groups excluding carboxylic acids is 3. The van der Waals surface area contributed by atoms with E-state index in [1.165, 1.54) is 0 Å². The van der Waals surface area contributed by atoms with Crippen LogP contribution in [0.25, 0.3) is 0 Å². The summed E-state index contributed by atoms with van der Waals surface area (Å²) in [4.78, 5) is 36.1. The van der Waals surface area contributed by atoms with Crippen LogP contribution in [-0.2, 0) is 4.79 Å². The van der Waals surface area contributed by atoms with Crippen molar-refractivity contribution in [3.63, 3.8) is 0 Å². The van der Waals surface area contributed by atoms with E-state index in [-0.39, 0.29) is 17.7 Å². The summed E-state index contributed by atoms with van der Waals surface area (Å²) in [6, 6.07) is 3.07. The molecule has 0 unspecified atom stereocenters. The monoisotopic (exact) mass is 349 g/mol. The molecule has 2 aliphatic rings. The van der Waals surface area contributed by atoms with Crippen molar-refractivity contribution in [2.45, 2.75) is 38.6 Å². The standard InChI is InChI=1S/C17H20ClN3O3/c1-9-6-12(13(18)7-10(9)2)14(22)19-8-11-4-3-5-17(11)15(23)20-16(24)21-17/h6-7,11H,3-5,8H2,1-2H3,(H,19,22)(H2,20,21,23,24)/t11-,17+/m1/s1. The summed E-state index contributed by atoms with van der Waals surface area (Å²) in [5, 5.41) is 8.31. The molecule has 0 bridgehead atoms. The average Bonchev–Trinajstić information content (AvgIpc) is 3.04. The highest BCUT2D eigenvalue weighted by atomic mass is 35.5. The molecule has 3 rings (SSSR count). The van der Waals surface area contributed by atoms with Crippen molar-refractivity contribution >= 4 is 29.4 Å². The second kappa shape index (κ2) is 6.09. The molecule has 3 N–H and O–H groups in total. The number of nitrogens with one attached hydrogen (secondary N) is 3. The van der Waals surface area contributed by atoms with E-state index in [9.17, 15) is 14.4 Å². The fraction of sp³-hybridized carbons (Fsp3) is 0.471. The molecule has 2 fully saturated rings. The quantitative estimate of drug-likeness (QED) is 0.730. The van der Waals surface area contributed by atoms with Crippen LogP contribution < -0.4 is 16.0 Å². The Balaban J connectivity index is 1.72. The zero-order chi connectivity index (χ0) is 17.5. The van der Waals surface area contributed by atoms with Crippen molar-refractivity contribution < 1.29 is 14.4 Å². The number of hydrogen-bond donors (Lipinski definition) is 3. The average molecular weight is 350 g/mol. The number of rotatable bonds is 3. The number of aryl methyl sites for hydroxylation is 2. The summed E-state index contributed by atoms with van der Waals surface area (Å²) in [6.45, 7) is 4.18. The van der Waals surface area contributed by atoms with Gasteiger partial charge in [0, 0.05) is 12.5 Å². The van der Waals surface area contributed by atoms with Crippen LogP contribution in [-0.4, -0.2) is 29.9 Å². The smallest absolute Gasteiger partial charge is 0.322 e. The Bertz CT molecular complexity index is 734. The first-order chi connectivity index (χ1) is 11.3. The Kier molecular flexibility index (Phi) is 4.25. The summed E-state index contributed by atoms with van der Waals surface area (Å²) >= 11 is 6.17. The molecular weight excluding hydrogens is 330 g/mol. The van der Waals surface area contributed by atoms with Gasteiger partial charge in [0.15, 0.2) is 0 Å². The number of urea groups is 1. The first-order valence-corrected chi connectivity index (χ1v) is 8.40. The van der Waals surface area contributed by atoms with Crippen LogP contribution in [0, 0.1) is 19.8 Å². The second-order valence-corrected chi connectivity index (χ2v) is 7.00. The molecule has 7 heteroatoms. The van der Waals surface area contributed by atoms with Crippen LogP contribution in [0.1, 0.15) is 40.7 Å². The highest BCUT2D eigenvalue weighted by molar-refractivity contribution is 6.34. The molecule has 0 radical (unpaired) electrons. The van der Waals surface area contributed by atoms with Gasteiger partial charge in [-0.1, -0.05) is 18.0 Å². The number of imide groups is 1. The van der Waals surface area contributed by atoms with E-state index in [1.807, 2.05) is 13.8 Å². The van der Waals surface area contributed by atoms with Gasteiger partial charge in [0.05, 0.1) is 10.6 Å². The van der Waals surface area contributed by atoms with Crippen molar-refractivity contribution in [1.82, 2.24) is 16.0 Å². The lowest BCUT2D eigenvalue weighted by atomic mass is 9.87.